The minimum atomic E-state index is -0.813. The Kier molecular flexibility index (Phi) is 3.42. The van der Waals surface area contributed by atoms with Crippen LogP contribution in [-0.4, -0.2) is 29.9 Å². The van der Waals surface area contributed by atoms with Gasteiger partial charge in [-0.2, -0.15) is 0 Å². The molecular weight excluding hydrogens is 284 g/mol. The third-order valence-electron chi connectivity index (χ3n) is 5.77. The molecule has 3 rings (SSSR count). The number of ether oxygens (including phenoxy) is 2. The minimum absolute atomic E-state index is 0.000789. The number of carbonyl (C=O) groups is 3. The van der Waals surface area contributed by atoms with Gasteiger partial charge in [0.2, 0.25) is 0 Å². The molecule has 5 heteroatoms. The van der Waals surface area contributed by atoms with E-state index in [2.05, 4.69) is 6.92 Å². The monoisotopic (exact) mass is 306 g/mol. The average molecular weight is 306 g/mol. The first-order valence-electron chi connectivity index (χ1n) is 7.87. The van der Waals surface area contributed by atoms with E-state index in [4.69, 9.17) is 9.47 Å². The summed E-state index contributed by atoms with van der Waals surface area (Å²) in [6.45, 7) is 7.07. The molecule has 1 aliphatic heterocycles. The quantitative estimate of drug-likeness (QED) is 0.692. The second-order valence-electron chi connectivity index (χ2n) is 7.12. The number of esters is 2. The largest absolute Gasteiger partial charge is 0.462 e. The number of hydrogen-bond donors (Lipinski definition) is 0. The van der Waals surface area contributed by atoms with Crippen LogP contribution in [0.4, 0.5) is 0 Å². The topological polar surface area (TPSA) is 69.7 Å². The lowest BCUT2D eigenvalue weighted by Crippen LogP contribution is -2.50. The second-order valence-corrected chi connectivity index (χ2v) is 7.12. The maximum absolute atomic E-state index is 12.6. The van der Waals surface area contributed by atoms with Gasteiger partial charge in [-0.05, 0) is 31.3 Å². The molecular formula is C17H22O5. The molecule has 120 valence electrons. The summed E-state index contributed by atoms with van der Waals surface area (Å²) in [5.74, 6) is -1.17. The Morgan fingerprint density at radius 2 is 2.05 bits per heavy atom. The first kappa shape index (κ1) is 15.3. The molecule has 0 aromatic heterocycles. The maximum atomic E-state index is 12.6. The lowest BCUT2D eigenvalue weighted by atomic mass is 9.66. The first-order chi connectivity index (χ1) is 10.3. The number of ketones is 1. The molecule has 7 atom stereocenters. The van der Waals surface area contributed by atoms with Crippen molar-refractivity contribution in [2.45, 2.75) is 46.3 Å². The van der Waals surface area contributed by atoms with E-state index in [0.29, 0.717) is 6.42 Å². The van der Waals surface area contributed by atoms with Gasteiger partial charge in [-0.15, -0.1) is 0 Å². The third-order valence-corrected chi connectivity index (χ3v) is 5.77. The maximum Gasteiger partial charge on any atom is 0.309 e. The van der Waals surface area contributed by atoms with Gasteiger partial charge in [-0.3, -0.25) is 14.4 Å². The predicted octanol–water partition coefficient (Wildman–Crippen LogP) is 1.90. The van der Waals surface area contributed by atoms with Gasteiger partial charge < -0.3 is 9.47 Å². The molecule has 0 N–H and O–H groups in total. The molecule has 1 saturated heterocycles. The van der Waals surface area contributed by atoms with Crippen molar-refractivity contribution in [3.8, 4) is 0 Å². The molecule has 0 aromatic rings. The zero-order chi connectivity index (χ0) is 16.2. The van der Waals surface area contributed by atoms with Crippen LogP contribution >= 0.6 is 0 Å². The Labute approximate surface area is 130 Å². The van der Waals surface area contributed by atoms with Crippen molar-refractivity contribution in [2.24, 2.45) is 29.1 Å². The van der Waals surface area contributed by atoms with Crippen LogP contribution in [0.2, 0.25) is 0 Å². The van der Waals surface area contributed by atoms with Gasteiger partial charge in [-0.1, -0.05) is 19.9 Å². The van der Waals surface area contributed by atoms with Gasteiger partial charge in [-0.25, -0.2) is 0 Å². The van der Waals surface area contributed by atoms with E-state index in [-0.39, 0.29) is 41.5 Å². The van der Waals surface area contributed by atoms with Gasteiger partial charge >= 0.3 is 11.9 Å². The van der Waals surface area contributed by atoms with Crippen LogP contribution in [0.25, 0.3) is 0 Å². The van der Waals surface area contributed by atoms with E-state index >= 15 is 0 Å². The van der Waals surface area contributed by atoms with Crippen LogP contribution in [0.5, 0.6) is 0 Å². The van der Waals surface area contributed by atoms with Crippen molar-refractivity contribution >= 4 is 17.7 Å². The SMILES string of the molecule is CC(=O)O[C@@H]1[C@H]2[C@@H](C[C@@H](C)[C@@H]3C=CC(=O)[C@@]13C)OC(=O)[C@@H]2C. The van der Waals surface area contributed by atoms with Crippen LogP contribution < -0.4 is 0 Å². The van der Waals surface area contributed by atoms with Gasteiger partial charge in [0.05, 0.1) is 11.3 Å². The van der Waals surface area contributed by atoms with Crippen molar-refractivity contribution in [1.29, 1.82) is 0 Å². The first-order valence-corrected chi connectivity index (χ1v) is 7.87. The van der Waals surface area contributed by atoms with E-state index in [0.717, 1.165) is 0 Å². The molecule has 5 nitrogen and oxygen atoms in total. The molecule has 2 fully saturated rings. The molecule has 0 aromatic carbocycles. The highest BCUT2D eigenvalue weighted by molar-refractivity contribution is 5.98. The van der Waals surface area contributed by atoms with Crippen LogP contribution in [0.1, 0.15) is 34.1 Å². The summed E-state index contributed by atoms with van der Waals surface area (Å²) in [4.78, 5) is 36.2. The van der Waals surface area contributed by atoms with E-state index in [1.165, 1.54) is 6.92 Å². The molecule has 1 saturated carbocycles. The summed E-state index contributed by atoms with van der Waals surface area (Å²) in [7, 11) is 0. The highest BCUT2D eigenvalue weighted by atomic mass is 16.6. The number of fused-ring (bicyclic) bond motifs is 2. The van der Waals surface area contributed by atoms with Gasteiger partial charge in [0.1, 0.15) is 12.2 Å². The van der Waals surface area contributed by atoms with E-state index in [9.17, 15) is 14.4 Å². The summed E-state index contributed by atoms with van der Waals surface area (Å²) in [6.07, 6.45) is 3.30. The fraction of sp³-hybridized carbons (Fsp3) is 0.706. The van der Waals surface area contributed by atoms with Gasteiger partial charge in [0.25, 0.3) is 0 Å². The minimum Gasteiger partial charge on any atom is -0.462 e. The Balaban J connectivity index is 2.10. The normalized spacial score (nSPS) is 46.7. The fourth-order valence-electron chi connectivity index (χ4n) is 4.61. The van der Waals surface area contributed by atoms with E-state index < -0.39 is 17.5 Å². The lowest BCUT2D eigenvalue weighted by Gasteiger charge is -2.40. The molecule has 0 spiro atoms. The molecule has 0 unspecified atom stereocenters. The molecule has 2 aliphatic carbocycles. The highest BCUT2D eigenvalue weighted by Gasteiger charge is 2.62. The summed E-state index contributed by atoms with van der Waals surface area (Å²) >= 11 is 0. The Hall–Kier alpha value is -1.65. The summed E-state index contributed by atoms with van der Waals surface area (Å²) in [5, 5.41) is 0. The van der Waals surface area contributed by atoms with Crippen molar-refractivity contribution in [3.05, 3.63) is 12.2 Å². The number of rotatable bonds is 1. The zero-order valence-corrected chi connectivity index (χ0v) is 13.4. The van der Waals surface area contributed by atoms with Crippen molar-refractivity contribution in [3.63, 3.8) is 0 Å². The standard InChI is InChI=1S/C17H22O5/c1-8-7-12-14(9(2)16(20)22-12)15(21-10(3)18)17(4)11(8)5-6-13(17)19/h5-6,8-9,11-12,14-15H,7H2,1-4H3/t8-,9-,11+,12-,14-,15-,17+/m1/s1. The zero-order valence-electron chi connectivity index (χ0n) is 13.4. The Morgan fingerprint density at radius 1 is 1.36 bits per heavy atom. The smallest absolute Gasteiger partial charge is 0.309 e. The average Bonchev–Trinajstić information content (AvgIpc) is 2.84. The van der Waals surface area contributed by atoms with Crippen molar-refractivity contribution in [1.82, 2.24) is 0 Å². The van der Waals surface area contributed by atoms with Gasteiger partial charge in [0.15, 0.2) is 5.78 Å². The molecule has 22 heavy (non-hydrogen) atoms. The highest BCUT2D eigenvalue weighted by Crippen LogP contribution is 2.54. The molecule has 0 radical (unpaired) electrons. The Bertz CT molecular complexity index is 565. The number of hydrogen-bond acceptors (Lipinski definition) is 5. The van der Waals surface area contributed by atoms with Crippen LogP contribution in [-0.2, 0) is 23.9 Å². The summed E-state index contributed by atoms with van der Waals surface area (Å²) in [5.41, 5.74) is -0.813. The summed E-state index contributed by atoms with van der Waals surface area (Å²) < 4.78 is 11.1. The van der Waals surface area contributed by atoms with Crippen LogP contribution in [0.3, 0.4) is 0 Å². The van der Waals surface area contributed by atoms with E-state index in [1.54, 1.807) is 13.0 Å². The summed E-state index contributed by atoms with van der Waals surface area (Å²) in [6, 6.07) is 0. The predicted molar refractivity (Wildman–Crippen MR) is 77.6 cm³/mol. The van der Waals surface area contributed by atoms with Gasteiger partial charge in [0, 0.05) is 12.8 Å². The molecule has 0 bridgehead atoms. The molecule has 0 amide bonds. The third kappa shape index (κ3) is 1.94. The second kappa shape index (κ2) is 4.93. The molecule has 1 heterocycles. The fourth-order valence-corrected chi connectivity index (χ4v) is 4.61. The van der Waals surface area contributed by atoms with E-state index in [1.807, 2.05) is 13.0 Å². The number of carbonyl (C=O) groups excluding carboxylic acids is 3. The van der Waals surface area contributed by atoms with Crippen LogP contribution in [0, 0.1) is 29.1 Å². The van der Waals surface area contributed by atoms with Crippen molar-refractivity contribution < 1.29 is 23.9 Å². The van der Waals surface area contributed by atoms with Crippen molar-refractivity contribution in [2.75, 3.05) is 0 Å². The lowest BCUT2D eigenvalue weighted by molar-refractivity contribution is -0.165. The van der Waals surface area contributed by atoms with Crippen LogP contribution in [0.15, 0.2) is 12.2 Å². The number of allylic oxidation sites excluding steroid dienone is 2. The molecule has 3 aliphatic rings. The Morgan fingerprint density at radius 3 is 2.68 bits per heavy atom.